The highest BCUT2D eigenvalue weighted by atomic mass is 19.1. The van der Waals surface area contributed by atoms with Gasteiger partial charge in [-0.05, 0) is 42.3 Å². The van der Waals surface area contributed by atoms with E-state index in [1.807, 2.05) is 25.1 Å². The van der Waals surface area contributed by atoms with Crippen molar-refractivity contribution < 1.29 is 14.2 Å². The van der Waals surface area contributed by atoms with Crippen LogP contribution in [0.5, 0.6) is 0 Å². The van der Waals surface area contributed by atoms with Gasteiger partial charge in [0.25, 0.3) is 0 Å². The number of aliphatic hydroxyl groups is 1. The van der Waals surface area contributed by atoms with Crippen LogP contribution in [0.15, 0.2) is 55.1 Å². The Morgan fingerprint density at radius 2 is 1.85 bits per heavy atom. The molecule has 5 rings (SSSR count). The summed E-state index contributed by atoms with van der Waals surface area (Å²) in [6.45, 7) is 4.98. The summed E-state index contributed by atoms with van der Waals surface area (Å²) in [5.41, 5.74) is 4.28. The summed E-state index contributed by atoms with van der Waals surface area (Å²) in [6, 6.07) is 10.5. The molecule has 0 radical (unpaired) electrons. The molecule has 33 heavy (non-hydrogen) atoms. The number of rotatable bonds is 5. The maximum Gasteiger partial charge on any atom is 0.132 e. The molecule has 7 nitrogen and oxygen atoms in total. The fraction of sp³-hybridized carbons (Fsp3) is 0.280. The maximum atomic E-state index is 15.0. The van der Waals surface area contributed by atoms with Gasteiger partial charge in [0, 0.05) is 42.1 Å². The number of hydrogen-bond donors (Lipinski definition) is 1. The first-order valence-electron chi connectivity index (χ1n) is 11.0. The van der Waals surface area contributed by atoms with Crippen LogP contribution in [0.25, 0.3) is 22.2 Å². The third kappa shape index (κ3) is 4.15. The second-order valence-electron chi connectivity index (χ2n) is 7.91. The van der Waals surface area contributed by atoms with Crippen LogP contribution < -0.4 is 4.90 Å². The number of aromatic nitrogens is 4. The zero-order valence-corrected chi connectivity index (χ0v) is 18.3. The maximum absolute atomic E-state index is 15.0. The average molecular weight is 445 g/mol. The molecule has 0 aliphatic carbocycles. The molecule has 0 saturated carbocycles. The lowest BCUT2D eigenvalue weighted by Crippen LogP contribution is -2.36. The number of aliphatic hydroxyl groups excluding tert-OH is 1. The van der Waals surface area contributed by atoms with Crippen molar-refractivity contribution in [3.05, 3.63) is 77.9 Å². The Labute approximate surface area is 190 Å². The van der Waals surface area contributed by atoms with Crippen LogP contribution in [0.4, 0.5) is 10.1 Å². The van der Waals surface area contributed by atoms with Gasteiger partial charge in [0.1, 0.15) is 18.2 Å². The normalized spacial score (nSPS) is 15.1. The number of halogens is 1. The van der Waals surface area contributed by atoms with Gasteiger partial charge in [0.2, 0.25) is 0 Å². The summed E-state index contributed by atoms with van der Waals surface area (Å²) in [6.07, 6.45) is 4.21. The molecule has 1 atom stereocenters. The second-order valence-corrected chi connectivity index (χ2v) is 7.91. The van der Waals surface area contributed by atoms with Crippen molar-refractivity contribution in [3.63, 3.8) is 0 Å². The highest BCUT2D eigenvalue weighted by Crippen LogP contribution is 2.33. The van der Waals surface area contributed by atoms with Crippen LogP contribution >= 0.6 is 0 Å². The van der Waals surface area contributed by atoms with E-state index in [9.17, 15) is 9.50 Å². The molecular formula is C25H24FN5O2. The lowest BCUT2D eigenvalue weighted by atomic mass is 9.98. The topological polar surface area (TPSA) is 84.3 Å². The Balaban J connectivity index is 1.55. The van der Waals surface area contributed by atoms with Crippen LogP contribution in [-0.4, -0.2) is 51.3 Å². The van der Waals surface area contributed by atoms with Gasteiger partial charge in [0.05, 0.1) is 35.8 Å². The van der Waals surface area contributed by atoms with E-state index >= 15 is 0 Å². The predicted octanol–water partition coefficient (Wildman–Crippen LogP) is 3.71. The molecule has 168 valence electrons. The zero-order valence-electron chi connectivity index (χ0n) is 18.3. The van der Waals surface area contributed by atoms with Gasteiger partial charge in [-0.25, -0.2) is 14.4 Å². The van der Waals surface area contributed by atoms with Crippen molar-refractivity contribution in [2.24, 2.45) is 0 Å². The first-order chi connectivity index (χ1) is 16.2. The van der Waals surface area contributed by atoms with E-state index in [1.165, 1.54) is 12.4 Å². The quantitative estimate of drug-likeness (QED) is 0.501. The van der Waals surface area contributed by atoms with Gasteiger partial charge in [-0.3, -0.25) is 9.97 Å². The predicted molar refractivity (Wildman–Crippen MR) is 123 cm³/mol. The number of aryl methyl sites for hydroxylation is 1. The summed E-state index contributed by atoms with van der Waals surface area (Å²) < 4.78 is 20.4. The van der Waals surface area contributed by atoms with Crippen LogP contribution in [0.3, 0.4) is 0 Å². The number of hydrogen-bond acceptors (Lipinski definition) is 7. The highest BCUT2D eigenvalue weighted by molar-refractivity contribution is 5.94. The first-order valence-corrected chi connectivity index (χ1v) is 11.0. The van der Waals surface area contributed by atoms with E-state index in [0.717, 1.165) is 29.7 Å². The third-order valence-electron chi connectivity index (χ3n) is 5.96. The molecule has 1 N–H and O–H groups in total. The van der Waals surface area contributed by atoms with Gasteiger partial charge in [0.15, 0.2) is 0 Å². The molecule has 1 fully saturated rings. The number of anilines is 1. The molecule has 1 saturated heterocycles. The van der Waals surface area contributed by atoms with Crippen LogP contribution in [-0.2, 0) is 11.2 Å². The van der Waals surface area contributed by atoms with Crippen molar-refractivity contribution in [1.29, 1.82) is 0 Å². The molecular weight excluding hydrogens is 421 g/mol. The fourth-order valence-electron chi connectivity index (χ4n) is 4.21. The Bertz CT molecular complexity index is 1290. The average Bonchev–Trinajstić information content (AvgIpc) is 2.88. The standard InChI is InChI=1S/C25H24FN5O2/c1-2-21-24(28-8-7-27-21)25(32)16-3-6-20(26)19(13-16)23-18-5-4-17(14-22(18)29-15-30-23)31-9-11-33-12-10-31/h3-8,13-15,25,32H,2,9-12H2,1H3. The molecule has 2 aromatic heterocycles. The Morgan fingerprint density at radius 1 is 1.03 bits per heavy atom. The summed E-state index contributed by atoms with van der Waals surface area (Å²) in [4.78, 5) is 19.7. The number of nitrogens with zero attached hydrogens (tertiary/aromatic N) is 5. The molecule has 1 aliphatic rings. The van der Waals surface area contributed by atoms with Crippen molar-refractivity contribution in [1.82, 2.24) is 19.9 Å². The summed E-state index contributed by atoms with van der Waals surface area (Å²) in [5.74, 6) is -0.418. The smallest absolute Gasteiger partial charge is 0.132 e. The number of morpholine rings is 1. The minimum absolute atomic E-state index is 0.306. The SMILES string of the molecule is CCc1nccnc1C(O)c1ccc(F)c(-c2ncnc3cc(N4CCOCC4)ccc23)c1. The number of benzene rings is 2. The Hall–Kier alpha value is -3.49. The van der Waals surface area contributed by atoms with Crippen molar-refractivity contribution in [2.75, 3.05) is 31.2 Å². The lowest BCUT2D eigenvalue weighted by Gasteiger charge is -2.29. The Morgan fingerprint density at radius 3 is 2.67 bits per heavy atom. The van der Waals surface area contributed by atoms with Crippen molar-refractivity contribution >= 4 is 16.6 Å². The van der Waals surface area contributed by atoms with E-state index in [0.29, 0.717) is 47.8 Å². The monoisotopic (exact) mass is 445 g/mol. The number of ether oxygens (including phenoxy) is 1. The van der Waals surface area contributed by atoms with E-state index in [1.54, 1.807) is 24.5 Å². The molecule has 3 heterocycles. The van der Waals surface area contributed by atoms with Crippen molar-refractivity contribution in [2.45, 2.75) is 19.4 Å². The molecule has 2 aromatic carbocycles. The van der Waals surface area contributed by atoms with Gasteiger partial charge in [-0.1, -0.05) is 13.0 Å². The minimum Gasteiger partial charge on any atom is -0.382 e. The molecule has 0 amide bonds. The second kappa shape index (κ2) is 9.17. The van der Waals surface area contributed by atoms with Gasteiger partial charge < -0.3 is 14.7 Å². The largest absolute Gasteiger partial charge is 0.382 e. The zero-order chi connectivity index (χ0) is 22.8. The highest BCUT2D eigenvalue weighted by Gasteiger charge is 2.20. The van der Waals surface area contributed by atoms with Crippen LogP contribution in [0.1, 0.15) is 30.0 Å². The van der Waals surface area contributed by atoms with Gasteiger partial charge in [-0.2, -0.15) is 0 Å². The van der Waals surface area contributed by atoms with Crippen LogP contribution in [0, 0.1) is 5.82 Å². The molecule has 8 heteroatoms. The van der Waals surface area contributed by atoms with E-state index < -0.39 is 11.9 Å². The molecule has 4 aromatic rings. The van der Waals surface area contributed by atoms with E-state index in [-0.39, 0.29) is 0 Å². The molecule has 0 bridgehead atoms. The first kappa shape index (κ1) is 21.4. The third-order valence-corrected chi connectivity index (χ3v) is 5.96. The summed E-state index contributed by atoms with van der Waals surface area (Å²) in [5, 5.41) is 11.7. The van der Waals surface area contributed by atoms with Crippen molar-refractivity contribution in [3.8, 4) is 11.3 Å². The van der Waals surface area contributed by atoms with Gasteiger partial charge in [-0.15, -0.1) is 0 Å². The molecule has 1 unspecified atom stereocenters. The molecule has 0 spiro atoms. The summed E-state index contributed by atoms with van der Waals surface area (Å²) >= 11 is 0. The van der Waals surface area contributed by atoms with E-state index in [4.69, 9.17) is 4.74 Å². The fourth-order valence-corrected chi connectivity index (χ4v) is 4.21. The van der Waals surface area contributed by atoms with Crippen LogP contribution in [0.2, 0.25) is 0 Å². The Kier molecular flexibility index (Phi) is 5.93. The van der Waals surface area contributed by atoms with Gasteiger partial charge >= 0.3 is 0 Å². The minimum atomic E-state index is -1.02. The molecule has 1 aliphatic heterocycles. The summed E-state index contributed by atoms with van der Waals surface area (Å²) in [7, 11) is 0. The lowest BCUT2D eigenvalue weighted by molar-refractivity contribution is 0.122. The van der Waals surface area contributed by atoms with E-state index in [2.05, 4.69) is 24.8 Å². The number of fused-ring (bicyclic) bond motifs is 1.